The Labute approximate surface area is 368 Å². The molecule has 62 heavy (non-hydrogen) atoms. The summed E-state index contributed by atoms with van der Waals surface area (Å²) < 4.78 is 2.62. The number of rotatable bonds is 6. The van der Waals surface area contributed by atoms with Crippen LogP contribution in [-0.4, -0.2) is 4.98 Å². The summed E-state index contributed by atoms with van der Waals surface area (Å²) in [5.41, 5.74) is 18.7. The van der Waals surface area contributed by atoms with E-state index in [0.717, 1.165) is 29.9 Å². The van der Waals surface area contributed by atoms with E-state index in [-0.39, 0.29) is 5.41 Å². The molecule has 0 bridgehead atoms. The van der Waals surface area contributed by atoms with Crippen molar-refractivity contribution in [1.29, 1.82) is 0 Å². The lowest BCUT2D eigenvalue weighted by Crippen LogP contribution is -2.17. The zero-order chi connectivity index (χ0) is 42.0. The van der Waals surface area contributed by atoms with Gasteiger partial charge in [0.05, 0.1) is 5.52 Å². The smallest absolute Gasteiger partial charge is 0.0544 e. The lowest BCUT2D eigenvalue weighted by atomic mass is 9.80. The maximum atomic E-state index is 3.77. The van der Waals surface area contributed by atoms with Crippen LogP contribution in [0.15, 0.2) is 188 Å². The summed E-state index contributed by atoms with van der Waals surface area (Å²) in [6.07, 6.45) is 6.99. The molecule has 8 aromatic carbocycles. The molecule has 0 saturated heterocycles. The van der Waals surface area contributed by atoms with E-state index in [1.165, 1.54) is 97.6 Å². The number of hydrogen-bond donors (Lipinski definition) is 1. The summed E-state index contributed by atoms with van der Waals surface area (Å²) in [6.45, 7) is 8.81. The molecule has 300 valence electrons. The second kappa shape index (κ2) is 15.2. The number of hydrogen-bond acceptors (Lipinski definition) is 2. The highest BCUT2D eigenvalue weighted by molar-refractivity contribution is 7.25. The fourth-order valence-electron chi connectivity index (χ4n) is 10.1. The molecule has 0 atom stereocenters. The Morgan fingerprint density at radius 3 is 1.87 bits per heavy atom. The van der Waals surface area contributed by atoms with Gasteiger partial charge < -0.3 is 9.88 Å². The first-order chi connectivity index (χ1) is 30.5. The monoisotopic (exact) mass is 816 g/mol. The number of aromatic amines is 1. The zero-order valence-electron chi connectivity index (χ0n) is 35.7. The first-order valence-electron chi connectivity index (χ1n) is 22.1. The van der Waals surface area contributed by atoms with Gasteiger partial charge in [-0.2, -0.15) is 0 Å². The van der Waals surface area contributed by atoms with Gasteiger partial charge in [0, 0.05) is 64.5 Å². The summed E-state index contributed by atoms with van der Waals surface area (Å²) in [5, 5.41) is 5.18. The van der Waals surface area contributed by atoms with Gasteiger partial charge >= 0.3 is 0 Å². The third-order valence-electron chi connectivity index (χ3n) is 13.1. The normalized spacial score (nSPS) is 14.0. The van der Waals surface area contributed by atoms with Gasteiger partial charge in [-0.1, -0.05) is 161 Å². The minimum absolute atomic E-state index is 0.203. The Morgan fingerprint density at radius 1 is 0.452 bits per heavy atom. The van der Waals surface area contributed by atoms with Crippen molar-refractivity contribution in [1.82, 2.24) is 4.98 Å². The number of para-hydroxylation sites is 2. The molecule has 2 heterocycles. The van der Waals surface area contributed by atoms with Crippen molar-refractivity contribution in [2.45, 2.75) is 46.0 Å². The first kappa shape index (κ1) is 38.0. The van der Waals surface area contributed by atoms with Crippen LogP contribution >= 0.6 is 11.3 Å². The van der Waals surface area contributed by atoms with Crippen molar-refractivity contribution in [3.05, 3.63) is 210 Å². The molecule has 0 saturated carbocycles. The van der Waals surface area contributed by atoms with Gasteiger partial charge in [-0.05, 0) is 118 Å². The largest absolute Gasteiger partial charge is 0.354 e. The number of anilines is 3. The van der Waals surface area contributed by atoms with Crippen LogP contribution in [0, 0.1) is 0 Å². The second-order valence-electron chi connectivity index (χ2n) is 16.9. The molecule has 0 spiro atoms. The summed E-state index contributed by atoms with van der Waals surface area (Å²) in [6, 6.07) is 65.2. The van der Waals surface area contributed by atoms with E-state index in [4.69, 9.17) is 0 Å². The van der Waals surface area contributed by atoms with Crippen molar-refractivity contribution < 1.29 is 0 Å². The van der Waals surface area contributed by atoms with Crippen molar-refractivity contribution in [2.24, 2.45) is 0 Å². The topological polar surface area (TPSA) is 19.0 Å². The average molecular weight is 817 g/mol. The Kier molecular flexibility index (Phi) is 9.32. The number of thiophene rings is 1. The van der Waals surface area contributed by atoms with Crippen molar-refractivity contribution in [3.63, 3.8) is 0 Å². The molecule has 0 fully saturated rings. The number of nitrogens with one attached hydrogen (secondary N) is 1. The lowest BCUT2D eigenvalue weighted by Gasteiger charge is -2.28. The molecule has 0 aliphatic heterocycles. The van der Waals surface area contributed by atoms with Gasteiger partial charge in [-0.15, -0.1) is 11.3 Å². The Balaban J connectivity index is 0.00000213. The minimum Gasteiger partial charge on any atom is -0.354 e. The highest BCUT2D eigenvalue weighted by Gasteiger charge is 2.37. The van der Waals surface area contributed by atoms with E-state index in [1.54, 1.807) is 0 Å². The number of fused-ring (bicyclic) bond motifs is 9. The predicted molar refractivity (Wildman–Crippen MR) is 269 cm³/mol. The molecule has 0 radical (unpaired) electrons. The maximum absolute atomic E-state index is 3.77. The molecule has 2 aromatic heterocycles. The van der Waals surface area contributed by atoms with Gasteiger partial charge in [-0.25, -0.2) is 0 Å². The number of allylic oxidation sites excluding steroid dienone is 4. The van der Waals surface area contributed by atoms with Crippen molar-refractivity contribution in [2.75, 3.05) is 4.90 Å². The molecule has 0 unspecified atom stereocenters. The van der Waals surface area contributed by atoms with Crippen LogP contribution in [0.3, 0.4) is 0 Å². The molecule has 12 rings (SSSR count). The number of nitrogens with zero attached hydrogens (tertiary/aromatic N) is 1. The molecule has 3 heteroatoms. The minimum atomic E-state index is -0.203. The van der Waals surface area contributed by atoms with Crippen LogP contribution < -0.4 is 4.90 Å². The molecule has 2 aliphatic carbocycles. The van der Waals surface area contributed by atoms with Crippen LogP contribution in [0.4, 0.5) is 17.1 Å². The molecular formula is C59H48N2S. The molecule has 10 aromatic rings. The van der Waals surface area contributed by atoms with E-state index in [0.29, 0.717) is 0 Å². The van der Waals surface area contributed by atoms with Crippen LogP contribution in [0.1, 0.15) is 62.8 Å². The van der Waals surface area contributed by atoms with Gasteiger partial charge in [0.2, 0.25) is 0 Å². The highest BCUT2D eigenvalue weighted by atomic mass is 32.1. The molecule has 1 N–H and O–H groups in total. The Bertz CT molecular complexity index is 3390. The molecule has 2 nitrogen and oxygen atoms in total. The zero-order valence-corrected chi connectivity index (χ0v) is 36.5. The summed E-state index contributed by atoms with van der Waals surface area (Å²) in [5.74, 6) is 0. The maximum Gasteiger partial charge on any atom is 0.0544 e. The van der Waals surface area contributed by atoms with Crippen LogP contribution in [0.2, 0.25) is 0 Å². The van der Waals surface area contributed by atoms with Gasteiger partial charge in [0.15, 0.2) is 0 Å². The Hall–Kier alpha value is -6.94. The SMILES string of the molecule is CC.CC1(C)c2cc(C3=CCCC=C3c3cccc4c3[nH]c3ccccc34)ccc2-c2ccc(N(c3ccc(-c4ccccc4)cc3)c3ccc4c(c3)sc3ccccc34)cc21. The fraction of sp³-hybridized carbons (Fsp3) is 0.119. The van der Waals surface area contributed by atoms with Gasteiger partial charge in [-0.3, -0.25) is 0 Å². The third kappa shape index (κ3) is 6.14. The number of H-pyrrole nitrogens is 1. The van der Waals surface area contributed by atoms with E-state index < -0.39 is 0 Å². The van der Waals surface area contributed by atoms with Crippen LogP contribution in [-0.2, 0) is 5.41 Å². The molecule has 2 aliphatic rings. The van der Waals surface area contributed by atoms with E-state index in [9.17, 15) is 0 Å². The van der Waals surface area contributed by atoms with Crippen LogP contribution in [0.25, 0.3) is 75.4 Å². The highest BCUT2D eigenvalue weighted by Crippen LogP contribution is 2.52. The standard InChI is InChI=1S/C57H42N2S.C2H6/c1-57(2)51-33-38(42-15-6-7-16-43(42)49-19-12-20-50-46-17-8-10-21-53(46)58-56(49)50)25-30-44(51)45-31-28-40(34-52(45)57)59(39-26-23-37(24-27-39)36-13-4-3-5-14-36)41-29-32-48-47-18-9-11-22-54(47)60-55(48)35-41;1-2/h3-5,8-35,58H,6-7H2,1-2H3;1-2H3. The first-order valence-corrected chi connectivity index (χ1v) is 22.9. The predicted octanol–water partition coefficient (Wildman–Crippen LogP) is 17.4. The average Bonchev–Trinajstić information content (AvgIpc) is 3.97. The van der Waals surface area contributed by atoms with Crippen LogP contribution in [0.5, 0.6) is 0 Å². The van der Waals surface area contributed by atoms with Crippen molar-refractivity contribution >= 4 is 81.5 Å². The summed E-state index contributed by atoms with van der Waals surface area (Å²) in [4.78, 5) is 6.22. The lowest BCUT2D eigenvalue weighted by molar-refractivity contribution is 0.660. The quantitative estimate of drug-likeness (QED) is 0.177. The molecular weight excluding hydrogens is 769 g/mol. The second-order valence-corrected chi connectivity index (χ2v) is 17.9. The Morgan fingerprint density at radius 2 is 1.05 bits per heavy atom. The van der Waals surface area contributed by atoms with Gasteiger partial charge in [0.1, 0.15) is 0 Å². The summed E-state index contributed by atoms with van der Waals surface area (Å²) in [7, 11) is 0. The molecule has 0 amide bonds. The fourth-order valence-corrected chi connectivity index (χ4v) is 11.2. The van der Waals surface area contributed by atoms with E-state index in [2.05, 4.69) is 212 Å². The van der Waals surface area contributed by atoms with Crippen molar-refractivity contribution in [3.8, 4) is 22.3 Å². The van der Waals surface area contributed by atoms with Gasteiger partial charge in [0.25, 0.3) is 0 Å². The third-order valence-corrected chi connectivity index (χ3v) is 14.2. The summed E-state index contributed by atoms with van der Waals surface area (Å²) >= 11 is 1.87. The van der Waals surface area contributed by atoms with E-state index >= 15 is 0 Å². The van der Waals surface area contributed by atoms with E-state index in [1.807, 2.05) is 25.2 Å². The number of aromatic nitrogens is 1. The number of benzene rings is 8.